The van der Waals surface area contributed by atoms with Crippen molar-refractivity contribution in [3.05, 3.63) is 34.4 Å². The maximum atomic E-state index is 11.8. The molecular formula is C22H27NO12S. The monoisotopic (exact) mass is 529 g/mol. The molecule has 1 heterocycles. The summed E-state index contributed by atoms with van der Waals surface area (Å²) in [5.41, 5.74) is -0.0342. The second-order valence-corrected chi connectivity index (χ2v) is 8.71. The van der Waals surface area contributed by atoms with E-state index in [4.69, 9.17) is 28.4 Å². The summed E-state index contributed by atoms with van der Waals surface area (Å²) in [6.07, 6.45) is -6.22. The Morgan fingerprint density at radius 3 is 1.97 bits per heavy atom. The summed E-state index contributed by atoms with van der Waals surface area (Å²) in [5.74, 6) is -2.44. The average Bonchev–Trinajstić information content (AvgIpc) is 2.78. The van der Waals surface area contributed by atoms with Crippen LogP contribution in [0.5, 0.6) is 0 Å². The lowest BCUT2D eigenvalue weighted by Crippen LogP contribution is -2.63. The molecule has 0 unspecified atom stereocenters. The zero-order chi connectivity index (χ0) is 26.8. The molecule has 1 aromatic carbocycles. The minimum Gasteiger partial charge on any atom is -0.463 e. The third-order valence-electron chi connectivity index (χ3n) is 4.63. The fraction of sp³-hybridized carbons (Fsp3) is 0.545. The Balaban J connectivity index is 2.18. The largest absolute Gasteiger partial charge is 0.463 e. The number of thioether (sulfide) groups is 1. The highest BCUT2D eigenvalue weighted by molar-refractivity contribution is 7.99. The van der Waals surface area contributed by atoms with E-state index in [1.54, 1.807) is 12.1 Å². The molecule has 0 bridgehead atoms. The highest BCUT2D eigenvalue weighted by atomic mass is 32.2. The van der Waals surface area contributed by atoms with Gasteiger partial charge in [0.25, 0.3) is 5.69 Å². The molecule has 0 aliphatic carbocycles. The van der Waals surface area contributed by atoms with E-state index in [-0.39, 0.29) is 18.9 Å². The molecule has 14 heteroatoms. The van der Waals surface area contributed by atoms with Gasteiger partial charge in [-0.25, -0.2) is 0 Å². The molecule has 1 aromatic rings. The summed E-state index contributed by atoms with van der Waals surface area (Å²) in [6.45, 7) is 4.29. The van der Waals surface area contributed by atoms with Gasteiger partial charge in [0.05, 0.1) is 11.5 Å². The van der Waals surface area contributed by atoms with Crippen molar-refractivity contribution in [2.75, 3.05) is 19.0 Å². The number of hydrogen-bond donors (Lipinski definition) is 0. The molecule has 36 heavy (non-hydrogen) atoms. The number of nitro benzene ring substituents is 1. The molecular weight excluding hydrogens is 502 g/mol. The molecule has 1 fully saturated rings. The minimum atomic E-state index is -1.31. The van der Waals surface area contributed by atoms with Crippen molar-refractivity contribution in [1.82, 2.24) is 0 Å². The Labute approximate surface area is 210 Å². The van der Waals surface area contributed by atoms with E-state index in [1.807, 2.05) is 0 Å². The maximum absolute atomic E-state index is 11.8. The van der Waals surface area contributed by atoms with Gasteiger partial charge >= 0.3 is 23.9 Å². The molecule has 1 aliphatic heterocycles. The van der Waals surface area contributed by atoms with Crippen LogP contribution in [0.2, 0.25) is 0 Å². The summed E-state index contributed by atoms with van der Waals surface area (Å²) >= 11 is 1.34. The van der Waals surface area contributed by atoms with E-state index < -0.39 is 59.5 Å². The molecule has 0 aromatic heterocycles. The van der Waals surface area contributed by atoms with Gasteiger partial charge in [0, 0.05) is 50.5 Å². The first-order valence-corrected chi connectivity index (χ1v) is 11.8. The molecule has 1 saturated heterocycles. The van der Waals surface area contributed by atoms with Crippen molar-refractivity contribution < 1.29 is 52.5 Å². The van der Waals surface area contributed by atoms with E-state index in [0.29, 0.717) is 5.75 Å². The van der Waals surface area contributed by atoms with Crippen LogP contribution >= 0.6 is 11.8 Å². The number of carbonyl (C=O) groups excluding carboxylic acids is 4. The molecule has 2 rings (SSSR count). The zero-order valence-electron chi connectivity index (χ0n) is 20.1. The summed E-state index contributed by atoms with van der Waals surface area (Å²) in [5, 5.41) is 10.8. The number of hydrogen-bond acceptors (Lipinski definition) is 13. The van der Waals surface area contributed by atoms with Gasteiger partial charge in [0.2, 0.25) is 0 Å². The molecule has 0 spiro atoms. The number of esters is 4. The number of ether oxygens (including phenoxy) is 6. The van der Waals surface area contributed by atoms with Crippen LogP contribution in [0.1, 0.15) is 27.7 Å². The number of carbonyl (C=O) groups is 4. The van der Waals surface area contributed by atoms with E-state index in [0.717, 1.165) is 25.7 Å². The molecule has 0 amide bonds. The van der Waals surface area contributed by atoms with Gasteiger partial charge in [-0.2, -0.15) is 0 Å². The predicted octanol–water partition coefficient (Wildman–Crippen LogP) is 1.79. The average molecular weight is 530 g/mol. The highest BCUT2D eigenvalue weighted by Crippen LogP contribution is 2.30. The number of rotatable bonds is 11. The Morgan fingerprint density at radius 2 is 1.44 bits per heavy atom. The molecule has 0 saturated carbocycles. The third kappa shape index (κ3) is 9.09. The normalized spacial score (nSPS) is 23.3. The lowest BCUT2D eigenvalue weighted by Gasteiger charge is -2.44. The van der Waals surface area contributed by atoms with Gasteiger partial charge in [-0.05, 0) is 12.1 Å². The lowest BCUT2D eigenvalue weighted by molar-refractivity contribution is -0.384. The Bertz CT molecular complexity index is 953. The fourth-order valence-corrected chi connectivity index (χ4v) is 4.05. The summed E-state index contributed by atoms with van der Waals surface area (Å²) in [6, 6.07) is 5.94. The molecule has 5 atom stereocenters. The van der Waals surface area contributed by atoms with Crippen LogP contribution in [0.15, 0.2) is 29.2 Å². The Morgan fingerprint density at radius 1 is 0.889 bits per heavy atom. The first-order chi connectivity index (χ1) is 17.0. The van der Waals surface area contributed by atoms with E-state index in [2.05, 4.69) is 0 Å². The maximum Gasteiger partial charge on any atom is 0.303 e. The van der Waals surface area contributed by atoms with E-state index in [1.165, 1.54) is 30.8 Å². The topological polar surface area (TPSA) is 167 Å². The summed E-state index contributed by atoms with van der Waals surface area (Å²) in [4.78, 5) is 57.8. The highest BCUT2D eigenvalue weighted by Gasteiger charge is 2.52. The van der Waals surface area contributed by atoms with Crippen molar-refractivity contribution in [2.45, 2.75) is 63.3 Å². The molecule has 198 valence electrons. The molecule has 1 aliphatic rings. The first-order valence-electron chi connectivity index (χ1n) is 10.8. The number of benzene rings is 1. The van der Waals surface area contributed by atoms with Crippen molar-refractivity contribution in [1.29, 1.82) is 0 Å². The van der Waals surface area contributed by atoms with Gasteiger partial charge < -0.3 is 28.4 Å². The molecule has 0 radical (unpaired) electrons. The lowest BCUT2D eigenvalue weighted by atomic mass is 9.98. The number of non-ortho nitro benzene ring substituents is 1. The zero-order valence-corrected chi connectivity index (χ0v) is 20.9. The number of nitrogens with zero attached hydrogens (tertiary/aromatic N) is 1. The van der Waals surface area contributed by atoms with Crippen molar-refractivity contribution in [2.24, 2.45) is 0 Å². The predicted molar refractivity (Wildman–Crippen MR) is 122 cm³/mol. The van der Waals surface area contributed by atoms with Crippen LogP contribution in [-0.2, 0) is 47.6 Å². The van der Waals surface area contributed by atoms with Crippen molar-refractivity contribution >= 4 is 41.3 Å². The quantitative estimate of drug-likeness (QED) is 0.102. The number of nitro groups is 1. The molecule has 13 nitrogen and oxygen atoms in total. The van der Waals surface area contributed by atoms with Crippen LogP contribution in [0.3, 0.4) is 0 Å². The fourth-order valence-electron chi connectivity index (χ4n) is 3.31. The van der Waals surface area contributed by atoms with Crippen molar-refractivity contribution in [3.63, 3.8) is 0 Å². The van der Waals surface area contributed by atoms with Crippen LogP contribution in [-0.4, -0.2) is 78.5 Å². The van der Waals surface area contributed by atoms with Crippen LogP contribution < -0.4 is 0 Å². The summed E-state index contributed by atoms with van der Waals surface area (Å²) in [7, 11) is 0. The summed E-state index contributed by atoms with van der Waals surface area (Å²) < 4.78 is 32.6. The third-order valence-corrected chi connectivity index (χ3v) is 5.61. The van der Waals surface area contributed by atoms with Crippen LogP contribution in [0, 0.1) is 10.1 Å². The SMILES string of the molecule is CC(=O)OC[C@H]1O[C@@H](OCCSc2ccc([N+](=O)[O-])cc2)[C@H](OC(C)=O)[C@@H](OC(C)=O)[C@H]1OC(C)=O. The van der Waals surface area contributed by atoms with Crippen LogP contribution in [0.4, 0.5) is 5.69 Å². The molecule has 0 N–H and O–H groups in total. The van der Waals surface area contributed by atoms with Crippen LogP contribution in [0.25, 0.3) is 0 Å². The smallest absolute Gasteiger partial charge is 0.303 e. The Hall–Kier alpha value is -3.23. The van der Waals surface area contributed by atoms with E-state index >= 15 is 0 Å². The van der Waals surface area contributed by atoms with Gasteiger partial charge in [0.15, 0.2) is 24.6 Å². The van der Waals surface area contributed by atoms with Gasteiger partial charge in [-0.3, -0.25) is 29.3 Å². The van der Waals surface area contributed by atoms with Gasteiger partial charge in [-0.15, -0.1) is 11.8 Å². The van der Waals surface area contributed by atoms with E-state index in [9.17, 15) is 29.3 Å². The minimum absolute atomic E-state index is 0.0342. The Kier molecular flexibility index (Phi) is 11.1. The first kappa shape index (κ1) is 29.0. The standard InChI is InChI=1S/C22H27NO12S/c1-12(24)31-11-18-19(32-13(2)25)20(33-14(3)26)21(34-15(4)27)22(35-18)30-9-10-36-17-7-5-16(6-8-17)23(28)29/h5-8,18-22H,9-11H2,1-4H3/t18-,19+,20+,21-,22-/m1/s1. The van der Waals surface area contributed by atoms with Crippen molar-refractivity contribution in [3.8, 4) is 0 Å². The van der Waals surface area contributed by atoms with Gasteiger partial charge in [-0.1, -0.05) is 0 Å². The second kappa shape index (κ2) is 13.8. The second-order valence-electron chi connectivity index (χ2n) is 7.54. The van der Waals surface area contributed by atoms with Gasteiger partial charge in [0.1, 0.15) is 12.7 Å².